The molecule has 1 aliphatic heterocycles. The second kappa shape index (κ2) is 7.84. The van der Waals surface area contributed by atoms with E-state index in [1.165, 1.54) is 0 Å². The molecule has 0 saturated heterocycles. The lowest BCUT2D eigenvalue weighted by Gasteiger charge is -2.26. The SMILES string of the molecule is COc1ccccc1CN(Cc1cccs1)C(=O)[C@H]1Cc2ccccc2O1. The van der Waals surface area contributed by atoms with E-state index in [0.29, 0.717) is 19.5 Å². The number of benzene rings is 2. The van der Waals surface area contributed by atoms with Crippen molar-refractivity contribution in [1.82, 2.24) is 4.90 Å². The third kappa shape index (κ3) is 3.83. The summed E-state index contributed by atoms with van der Waals surface area (Å²) in [6, 6.07) is 19.7. The predicted molar refractivity (Wildman–Crippen MR) is 106 cm³/mol. The Morgan fingerprint density at radius 1 is 1.11 bits per heavy atom. The van der Waals surface area contributed by atoms with Crippen LogP contribution in [0.1, 0.15) is 16.0 Å². The van der Waals surface area contributed by atoms with Gasteiger partial charge in [-0.05, 0) is 29.1 Å². The Hall–Kier alpha value is -2.79. The van der Waals surface area contributed by atoms with Crippen LogP contribution in [0.3, 0.4) is 0 Å². The number of thiophene rings is 1. The summed E-state index contributed by atoms with van der Waals surface area (Å²) in [6.07, 6.45) is 0.138. The van der Waals surface area contributed by atoms with Gasteiger partial charge in [0, 0.05) is 23.4 Å². The molecule has 0 N–H and O–H groups in total. The molecule has 1 aromatic heterocycles. The summed E-state index contributed by atoms with van der Waals surface area (Å²) in [5.74, 6) is 1.60. The average Bonchev–Trinajstić information content (AvgIpc) is 3.36. The van der Waals surface area contributed by atoms with E-state index in [2.05, 4.69) is 6.07 Å². The van der Waals surface area contributed by atoms with Crippen molar-refractivity contribution in [3.05, 3.63) is 82.0 Å². The van der Waals surface area contributed by atoms with Crippen molar-refractivity contribution >= 4 is 17.2 Å². The van der Waals surface area contributed by atoms with E-state index in [0.717, 1.165) is 27.5 Å². The van der Waals surface area contributed by atoms with E-state index in [9.17, 15) is 4.79 Å². The molecule has 4 nitrogen and oxygen atoms in total. The second-order valence-corrected chi connectivity index (χ2v) is 7.54. The van der Waals surface area contributed by atoms with Gasteiger partial charge in [0.1, 0.15) is 11.5 Å². The first-order chi connectivity index (χ1) is 13.2. The van der Waals surface area contributed by atoms with Crippen molar-refractivity contribution < 1.29 is 14.3 Å². The van der Waals surface area contributed by atoms with Crippen molar-refractivity contribution in [3.8, 4) is 11.5 Å². The summed E-state index contributed by atoms with van der Waals surface area (Å²) in [5.41, 5.74) is 2.07. The summed E-state index contributed by atoms with van der Waals surface area (Å²) in [7, 11) is 1.65. The third-order valence-corrected chi connectivity index (χ3v) is 5.58. The smallest absolute Gasteiger partial charge is 0.264 e. The second-order valence-electron chi connectivity index (χ2n) is 6.50. The topological polar surface area (TPSA) is 38.8 Å². The summed E-state index contributed by atoms with van der Waals surface area (Å²) in [6.45, 7) is 1.04. The third-order valence-electron chi connectivity index (χ3n) is 4.71. The predicted octanol–water partition coefficient (Wildman–Crippen LogP) is 4.29. The van der Waals surface area contributed by atoms with E-state index in [1.807, 2.05) is 64.9 Å². The largest absolute Gasteiger partial charge is 0.496 e. The highest BCUT2D eigenvalue weighted by Crippen LogP contribution is 2.30. The zero-order chi connectivity index (χ0) is 18.6. The lowest BCUT2D eigenvalue weighted by atomic mass is 10.1. The molecule has 0 bridgehead atoms. The Balaban J connectivity index is 1.57. The average molecular weight is 379 g/mol. The highest BCUT2D eigenvalue weighted by molar-refractivity contribution is 7.09. The van der Waals surface area contributed by atoms with Crippen LogP contribution >= 0.6 is 11.3 Å². The molecule has 1 atom stereocenters. The molecule has 4 rings (SSSR count). The Morgan fingerprint density at radius 2 is 1.93 bits per heavy atom. The number of rotatable bonds is 6. The van der Waals surface area contributed by atoms with Crippen LogP contribution in [0.5, 0.6) is 11.5 Å². The normalized spacial score (nSPS) is 15.1. The maximum atomic E-state index is 13.3. The van der Waals surface area contributed by atoms with Gasteiger partial charge in [-0.25, -0.2) is 0 Å². The van der Waals surface area contributed by atoms with Gasteiger partial charge < -0.3 is 14.4 Å². The molecule has 0 radical (unpaired) electrons. The highest BCUT2D eigenvalue weighted by atomic mass is 32.1. The summed E-state index contributed by atoms with van der Waals surface area (Å²) >= 11 is 1.65. The number of ether oxygens (including phenoxy) is 2. The van der Waals surface area contributed by atoms with Crippen molar-refractivity contribution in [2.45, 2.75) is 25.6 Å². The van der Waals surface area contributed by atoms with E-state index in [-0.39, 0.29) is 5.91 Å². The maximum Gasteiger partial charge on any atom is 0.264 e. The fraction of sp³-hybridized carbons (Fsp3) is 0.227. The number of methoxy groups -OCH3 is 1. The van der Waals surface area contributed by atoms with Crippen LogP contribution in [0.25, 0.3) is 0 Å². The lowest BCUT2D eigenvalue weighted by molar-refractivity contribution is -0.139. The molecule has 0 unspecified atom stereocenters. The minimum atomic E-state index is -0.475. The molecule has 3 aromatic rings. The summed E-state index contributed by atoms with van der Waals surface area (Å²) in [5, 5.41) is 2.03. The molecule has 27 heavy (non-hydrogen) atoms. The number of hydrogen-bond acceptors (Lipinski definition) is 4. The number of para-hydroxylation sites is 2. The summed E-state index contributed by atoms with van der Waals surface area (Å²) < 4.78 is 11.4. The van der Waals surface area contributed by atoms with E-state index in [4.69, 9.17) is 9.47 Å². The number of carbonyl (C=O) groups is 1. The number of nitrogens with zero attached hydrogens (tertiary/aromatic N) is 1. The van der Waals surface area contributed by atoms with Crippen LogP contribution < -0.4 is 9.47 Å². The van der Waals surface area contributed by atoms with E-state index >= 15 is 0 Å². The molecule has 0 aliphatic carbocycles. The highest BCUT2D eigenvalue weighted by Gasteiger charge is 2.32. The number of hydrogen-bond donors (Lipinski definition) is 0. The Kier molecular flexibility index (Phi) is 5.12. The first-order valence-corrected chi connectivity index (χ1v) is 9.80. The summed E-state index contributed by atoms with van der Waals surface area (Å²) in [4.78, 5) is 16.3. The van der Waals surface area contributed by atoms with Gasteiger partial charge in [0.05, 0.1) is 13.7 Å². The van der Waals surface area contributed by atoms with Gasteiger partial charge in [-0.1, -0.05) is 42.5 Å². The van der Waals surface area contributed by atoms with Crippen molar-refractivity contribution in [3.63, 3.8) is 0 Å². The number of amides is 1. The Labute approximate surface area is 163 Å². The van der Waals surface area contributed by atoms with Gasteiger partial charge in [0.2, 0.25) is 0 Å². The van der Waals surface area contributed by atoms with Gasteiger partial charge in [0.15, 0.2) is 6.10 Å². The Bertz CT molecular complexity index is 898. The van der Waals surface area contributed by atoms with Crippen LogP contribution in [0.2, 0.25) is 0 Å². The molecule has 2 aromatic carbocycles. The first-order valence-electron chi connectivity index (χ1n) is 8.92. The molecular formula is C22H21NO3S. The van der Waals surface area contributed by atoms with Gasteiger partial charge in [0.25, 0.3) is 5.91 Å². The van der Waals surface area contributed by atoms with E-state index < -0.39 is 6.10 Å². The maximum absolute atomic E-state index is 13.3. The zero-order valence-electron chi connectivity index (χ0n) is 15.1. The van der Waals surface area contributed by atoms with Gasteiger partial charge in [-0.3, -0.25) is 4.79 Å². The minimum Gasteiger partial charge on any atom is -0.496 e. The van der Waals surface area contributed by atoms with Crippen molar-refractivity contribution in [1.29, 1.82) is 0 Å². The van der Waals surface area contributed by atoms with Gasteiger partial charge in [-0.2, -0.15) is 0 Å². The van der Waals surface area contributed by atoms with Gasteiger partial charge >= 0.3 is 0 Å². The van der Waals surface area contributed by atoms with E-state index in [1.54, 1.807) is 18.4 Å². The quantitative estimate of drug-likeness (QED) is 0.641. The Morgan fingerprint density at radius 3 is 2.70 bits per heavy atom. The molecule has 0 fully saturated rings. The zero-order valence-corrected chi connectivity index (χ0v) is 15.9. The van der Waals surface area contributed by atoms with Crippen molar-refractivity contribution in [2.24, 2.45) is 0 Å². The van der Waals surface area contributed by atoms with Crippen LogP contribution in [-0.2, 0) is 24.3 Å². The fourth-order valence-electron chi connectivity index (χ4n) is 3.37. The monoisotopic (exact) mass is 379 g/mol. The number of fused-ring (bicyclic) bond motifs is 1. The van der Waals surface area contributed by atoms with Crippen LogP contribution in [0.15, 0.2) is 66.0 Å². The van der Waals surface area contributed by atoms with Crippen LogP contribution in [0.4, 0.5) is 0 Å². The minimum absolute atomic E-state index is 0.00510. The van der Waals surface area contributed by atoms with Crippen LogP contribution in [-0.4, -0.2) is 24.0 Å². The molecular weight excluding hydrogens is 358 g/mol. The fourth-order valence-corrected chi connectivity index (χ4v) is 4.08. The molecule has 1 amide bonds. The lowest BCUT2D eigenvalue weighted by Crippen LogP contribution is -2.40. The molecule has 2 heterocycles. The standard InChI is InChI=1S/C22H21NO3S/c1-25-19-10-4-3-8-17(19)14-23(15-18-9-6-12-27-18)22(24)21-13-16-7-2-5-11-20(16)26-21/h2-12,21H,13-15H2,1H3/t21-/m1/s1. The molecule has 5 heteroatoms. The van der Waals surface area contributed by atoms with Gasteiger partial charge in [-0.15, -0.1) is 11.3 Å². The van der Waals surface area contributed by atoms with Crippen LogP contribution in [0, 0.1) is 0 Å². The molecule has 1 aliphatic rings. The molecule has 138 valence electrons. The molecule has 0 spiro atoms. The number of carbonyl (C=O) groups excluding carboxylic acids is 1. The van der Waals surface area contributed by atoms with Crippen molar-refractivity contribution in [2.75, 3.05) is 7.11 Å². The first kappa shape index (κ1) is 17.6. The molecule has 0 saturated carbocycles.